The summed E-state index contributed by atoms with van der Waals surface area (Å²) in [5.74, 6) is 0.952. The topological polar surface area (TPSA) is 82.7 Å². The summed E-state index contributed by atoms with van der Waals surface area (Å²) in [4.78, 5) is 21.0. The highest BCUT2D eigenvalue weighted by Crippen LogP contribution is 2.35. The van der Waals surface area contributed by atoms with Crippen LogP contribution in [0.4, 0.5) is 0 Å². The van der Waals surface area contributed by atoms with Crippen LogP contribution in [0.15, 0.2) is 34.9 Å². The number of carbonyl (C=O) groups is 1. The van der Waals surface area contributed by atoms with E-state index in [1.54, 1.807) is 24.0 Å². The van der Waals surface area contributed by atoms with Crippen molar-refractivity contribution < 1.29 is 14.4 Å². The van der Waals surface area contributed by atoms with Crippen LogP contribution >= 0.6 is 11.6 Å². The Hall–Kier alpha value is -2.64. The molecular formula is C19H19ClN4O3. The van der Waals surface area contributed by atoms with E-state index in [2.05, 4.69) is 15.0 Å². The summed E-state index contributed by atoms with van der Waals surface area (Å²) < 4.78 is 4.99. The van der Waals surface area contributed by atoms with Gasteiger partial charge in [-0.25, -0.2) is 0 Å². The van der Waals surface area contributed by atoms with Crippen LogP contribution in [0.5, 0.6) is 5.75 Å². The van der Waals surface area contributed by atoms with Gasteiger partial charge in [-0.05, 0) is 6.07 Å². The first kappa shape index (κ1) is 17.8. The molecule has 0 bridgehead atoms. The third-order valence-electron chi connectivity index (χ3n) is 4.79. The van der Waals surface area contributed by atoms with E-state index in [1.165, 1.54) is 0 Å². The molecule has 8 heteroatoms. The summed E-state index contributed by atoms with van der Waals surface area (Å²) >= 11 is 6.32. The molecular weight excluding hydrogens is 368 g/mol. The van der Waals surface area contributed by atoms with Crippen LogP contribution in [0.3, 0.4) is 0 Å². The van der Waals surface area contributed by atoms with Crippen LogP contribution in [0.2, 0.25) is 5.02 Å². The first-order valence-corrected chi connectivity index (χ1v) is 9.12. The van der Waals surface area contributed by atoms with Gasteiger partial charge in [0.2, 0.25) is 5.89 Å². The molecule has 0 aliphatic carbocycles. The Bertz CT molecular complexity index is 996. The predicted octanol–water partition coefficient (Wildman–Crippen LogP) is 2.85. The largest absolute Gasteiger partial charge is 0.506 e. The number of phenols is 1. The van der Waals surface area contributed by atoms with Gasteiger partial charge < -0.3 is 14.5 Å². The molecule has 1 aromatic heterocycles. The van der Waals surface area contributed by atoms with Gasteiger partial charge in [0.05, 0.1) is 12.1 Å². The molecule has 2 heterocycles. The number of aromatic nitrogens is 2. The molecule has 1 saturated heterocycles. The summed E-state index contributed by atoms with van der Waals surface area (Å²) in [6, 6.07) is 8.79. The number of amides is 1. The zero-order chi connectivity index (χ0) is 19.0. The Labute approximate surface area is 161 Å². The second-order valence-electron chi connectivity index (χ2n) is 6.60. The van der Waals surface area contributed by atoms with Gasteiger partial charge in [0, 0.05) is 48.9 Å². The maximum atomic E-state index is 12.9. The number of rotatable bonds is 3. The van der Waals surface area contributed by atoms with Gasteiger partial charge in [-0.15, -0.1) is 0 Å². The third-order valence-corrected chi connectivity index (χ3v) is 5.10. The molecule has 140 valence electrons. The van der Waals surface area contributed by atoms with Gasteiger partial charge in [-0.3, -0.25) is 9.69 Å². The fourth-order valence-electron chi connectivity index (χ4n) is 3.36. The van der Waals surface area contributed by atoms with E-state index in [-0.39, 0.29) is 17.2 Å². The van der Waals surface area contributed by atoms with Crippen molar-refractivity contribution in [3.8, 4) is 5.75 Å². The maximum absolute atomic E-state index is 12.9. The molecule has 0 atom stereocenters. The summed E-state index contributed by atoms with van der Waals surface area (Å²) in [7, 11) is 0. The standard InChI is InChI=1S/C19H19ClN4O3/c1-12-21-17(22-27-12)11-23-6-8-24(9-7-23)19(26)15-10-16(20)13-4-2-3-5-14(13)18(15)25/h2-5,10,25H,6-9,11H2,1H3. The lowest BCUT2D eigenvalue weighted by Gasteiger charge is -2.34. The average Bonchev–Trinajstić information content (AvgIpc) is 3.09. The second-order valence-corrected chi connectivity index (χ2v) is 7.01. The Morgan fingerprint density at radius 3 is 2.59 bits per heavy atom. The molecule has 0 radical (unpaired) electrons. The lowest BCUT2D eigenvalue weighted by Crippen LogP contribution is -2.48. The molecule has 7 nitrogen and oxygen atoms in total. The number of hydrogen-bond acceptors (Lipinski definition) is 6. The zero-order valence-electron chi connectivity index (χ0n) is 14.9. The van der Waals surface area contributed by atoms with Crippen LogP contribution in [0.25, 0.3) is 10.8 Å². The zero-order valence-corrected chi connectivity index (χ0v) is 15.6. The molecule has 0 saturated carbocycles. The van der Waals surface area contributed by atoms with Crippen molar-refractivity contribution in [1.29, 1.82) is 0 Å². The number of halogens is 1. The minimum atomic E-state index is -0.213. The number of hydrogen-bond donors (Lipinski definition) is 1. The number of aromatic hydroxyl groups is 1. The smallest absolute Gasteiger partial charge is 0.257 e. The van der Waals surface area contributed by atoms with Crippen molar-refractivity contribution in [2.45, 2.75) is 13.5 Å². The molecule has 1 aliphatic rings. The number of piperazine rings is 1. The Morgan fingerprint density at radius 2 is 1.93 bits per heavy atom. The molecule has 2 aromatic carbocycles. The molecule has 4 rings (SSSR count). The van der Waals surface area contributed by atoms with Crippen molar-refractivity contribution in [2.24, 2.45) is 0 Å². The lowest BCUT2D eigenvalue weighted by atomic mass is 10.0. The molecule has 3 aromatic rings. The van der Waals surface area contributed by atoms with Crippen molar-refractivity contribution in [2.75, 3.05) is 26.2 Å². The van der Waals surface area contributed by atoms with Crippen LogP contribution in [0.1, 0.15) is 22.1 Å². The van der Waals surface area contributed by atoms with E-state index in [1.807, 2.05) is 18.2 Å². The lowest BCUT2D eigenvalue weighted by molar-refractivity contribution is 0.0622. The molecule has 1 aliphatic heterocycles. The van der Waals surface area contributed by atoms with Crippen molar-refractivity contribution in [3.05, 3.63) is 52.6 Å². The van der Waals surface area contributed by atoms with Gasteiger partial charge in [0.15, 0.2) is 5.82 Å². The number of benzene rings is 2. The molecule has 1 N–H and O–H groups in total. The predicted molar refractivity (Wildman–Crippen MR) is 101 cm³/mol. The second kappa shape index (κ2) is 7.17. The molecule has 1 amide bonds. The molecule has 27 heavy (non-hydrogen) atoms. The van der Waals surface area contributed by atoms with Gasteiger partial charge in [-0.2, -0.15) is 4.98 Å². The summed E-state index contributed by atoms with van der Waals surface area (Å²) in [6.45, 7) is 4.85. The number of nitrogens with zero attached hydrogens (tertiary/aromatic N) is 4. The normalized spacial score (nSPS) is 15.4. The summed E-state index contributed by atoms with van der Waals surface area (Å²) in [6.07, 6.45) is 0. The first-order chi connectivity index (χ1) is 13.0. The Balaban J connectivity index is 1.48. The monoisotopic (exact) mass is 386 g/mol. The highest BCUT2D eigenvalue weighted by molar-refractivity contribution is 6.36. The SMILES string of the molecule is Cc1nc(CN2CCN(C(=O)c3cc(Cl)c4ccccc4c3O)CC2)no1. The van der Waals surface area contributed by atoms with E-state index < -0.39 is 0 Å². The van der Waals surface area contributed by atoms with Crippen molar-refractivity contribution >= 4 is 28.3 Å². The van der Waals surface area contributed by atoms with Crippen molar-refractivity contribution in [1.82, 2.24) is 19.9 Å². The van der Waals surface area contributed by atoms with E-state index in [0.29, 0.717) is 54.8 Å². The van der Waals surface area contributed by atoms with E-state index >= 15 is 0 Å². The van der Waals surface area contributed by atoms with Crippen LogP contribution in [-0.2, 0) is 6.54 Å². The van der Waals surface area contributed by atoms with Gasteiger partial charge in [0.1, 0.15) is 5.75 Å². The minimum absolute atomic E-state index is 0.0234. The number of fused-ring (bicyclic) bond motifs is 1. The van der Waals surface area contributed by atoms with Crippen LogP contribution in [0, 0.1) is 6.92 Å². The van der Waals surface area contributed by atoms with Crippen molar-refractivity contribution in [3.63, 3.8) is 0 Å². The summed E-state index contributed by atoms with van der Waals surface area (Å²) in [5.41, 5.74) is 0.237. The average molecular weight is 387 g/mol. The Kier molecular flexibility index (Phi) is 4.72. The van der Waals surface area contributed by atoms with Gasteiger partial charge in [-0.1, -0.05) is 41.0 Å². The van der Waals surface area contributed by atoms with Crippen LogP contribution in [-0.4, -0.2) is 57.1 Å². The van der Waals surface area contributed by atoms with E-state index in [4.69, 9.17) is 16.1 Å². The molecule has 1 fully saturated rings. The number of phenolic OH excluding ortho intramolecular Hbond substituents is 1. The van der Waals surface area contributed by atoms with Gasteiger partial charge in [0.25, 0.3) is 5.91 Å². The van der Waals surface area contributed by atoms with E-state index in [0.717, 1.165) is 5.39 Å². The highest BCUT2D eigenvalue weighted by Gasteiger charge is 2.26. The minimum Gasteiger partial charge on any atom is -0.506 e. The number of aryl methyl sites for hydroxylation is 1. The molecule has 0 spiro atoms. The Morgan fingerprint density at radius 1 is 1.22 bits per heavy atom. The highest BCUT2D eigenvalue weighted by atomic mass is 35.5. The first-order valence-electron chi connectivity index (χ1n) is 8.74. The number of carbonyl (C=O) groups excluding carboxylic acids is 1. The van der Waals surface area contributed by atoms with Crippen LogP contribution < -0.4 is 0 Å². The van der Waals surface area contributed by atoms with E-state index in [9.17, 15) is 9.90 Å². The maximum Gasteiger partial charge on any atom is 0.257 e. The molecule has 0 unspecified atom stereocenters. The third kappa shape index (κ3) is 3.48. The van der Waals surface area contributed by atoms with Gasteiger partial charge >= 0.3 is 0 Å². The quantitative estimate of drug-likeness (QED) is 0.745. The fourth-order valence-corrected chi connectivity index (χ4v) is 3.64. The fraction of sp³-hybridized carbons (Fsp3) is 0.316. The summed E-state index contributed by atoms with van der Waals surface area (Å²) in [5, 5.41) is 16.3.